The largest absolute Gasteiger partial charge is 0.438 e. The van der Waals surface area contributed by atoms with Gasteiger partial charge in [0.05, 0.1) is 23.0 Å². The second-order valence-electron chi connectivity index (χ2n) is 3.53. The summed E-state index contributed by atoms with van der Waals surface area (Å²) < 4.78 is 5.62. The van der Waals surface area contributed by atoms with E-state index >= 15 is 0 Å². The molecule has 2 aromatic rings. The van der Waals surface area contributed by atoms with E-state index in [4.69, 9.17) is 9.68 Å². The van der Waals surface area contributed by atoms with E-state index < -0.39 is 0 Å². The van der Waals surface area contributed by atoms with E-state index in [0.29, 0.717) is 21.4 Å². The summed E-state index contributed by atoms with van der Waals surface area (Å²) >= 11 is 3.29. The van der Waals surface area contributed by atoms with Crippen molar-refractivity contribution in [2.45, 2.75) is 6.92 Å². The van der Waals surface area contributed by atoms with Gasteiger partial charge < -0.3 is 9.73 Å². The Balaban J connectivity index is 2.23. The van der Waals surface area contributed by atoms with Crippen LogP contribution >= 0.6 is 15.9 Å². The molecule has 90 valence electrons. The summed E-state index contributed by atoms with van der Waals surface area (Å²) in [6, 6.07) is 6.91. The smallest absolute Gasteiger partial charge is 0.293 e. The lowest BCUT2D eigenvalue weighted by atomic mass is 10.2. The summed E-state index contributed by atoms with van der Waals surface area (Å²) in [6.45, 7) is 1.69. The van der Waals surface area contributed by atoms with Crippen LogP contribution in [-0.2, 0) is 0 Å². The van der Waals surface area contributed by atoms with Crippen LogP contribution in [0.4, 0.5) is 5.69 Å². The molecule has 0 aliphatic carbocycles. The summed E-state index contributed by atoms with van der Waals surface area (Å²) in [6.07, 6.45) is 1.22. The lowest BCUT2D eigenvalue weighted by molar-refractivity contribution is 0.0996. The van der Waals surface area contributed by atoms with Gasteiger partial charge in [-0.25, -0.2) is 4.98 Å². The molecule has 0 saturated heterocycles. The van der Waals surface area contributed by atoms with Gasteiger partial charge in [-0.1, -0.05) is 0 Å². The number of oxazole rings is 1. The molecule has 18 heavy (non-hydrogen) atoms. The van der Waals surface area contributed by atoms with E-state index in [9.17, 15) is 4.79 Å². The number of aromatic nitrogens is 1. The Hall–Kier alpha value is -2.13. The van der Waals surface area contributed by atoms with Crippen molar-refractivity contribution >= 4 is 27.5 Å². The summed E-state index contributed by atoms with van der Waals surface area (Å²) in [4.78, 5) is 15.7. The molecule has 0 saturated carbocycles. The standard InChI is InChI=1S/C12H8BrN3O2/c1-7-11(18-6-15-7)12(17)16-10-3-2-8(5-14)4-9(10)13/h2-4,6H,1H3,(H,16,17). The van der Waals surface area contributed by atoms with Crippen LogP contribution in [0.5, 0.6) is 0 Å². The molecule has 1 amide bonds. The third-order valence-corrected chi connectivity index (χ3v) is 2.95. The van der Waals surface area contributed by atoms with E-state index in [0.717, 1.165) is 0 Å². The Morgan fingerprint density at radius 1 is 1.56 bits per heavy atom. The zero-order chi connectivity index (χ0) is 13.1. The number of nitrogens with zero attached hydrogens (tertiary/aromatic N) is 2. The Bertz CT molecular complexity index is 643. The van der Waals surface area contributed by atoms with E-state index in [1.165, 1.54) is 6.39 Å². The molecule has 0 radical (unpaired) electrons. The van der Waals surface area contributed by atoms with Crippen LogP contribution in [0, 0.1) is 18.3 Å². The average Bonchev–Trinajstić information content (AvgIpc) is 2.78. The fourth-order valence-electron chi connectivity index (χ4n) is 1.38. The first-order valence-electron chi connectivity index (χ1n) is 5.03. The van der Waals surface area contributed by atoms with Gasteiger partial charge in [-0.15, -0.1) is 0 Å². The van der Waals surface area contributed by atoms with Gasteiger partial charge in [0.2, 0.25) is 5.76 Å². The highest BCUT2D eigenvalue weighted by Gasteiger charge is 2.15. The highest BCUT2D eigenvalue weighted by Crippen LogP contribution is 2.24. The number of nitrogens with one attached hydrogen (secondary N) is 1. The van der Waals surface area contributed by atoms with E-state index in [1.807, 2.05) is 6.07 Å². The van der Waals surface area contributed by atoms with Crippen molar-refractivity contribution in [3.8, 4) is 6.07 Å². The van der Waals surface area contributed by atoms with Crippen molar-refractivity contribution in [2.24, 2.45) is 0 Å². The Labute approximate surface area is 112 Å². The molecule has 0 aliphatic rings. The van der Waals surface area contributed by atoms with Crippen molar-refractivity contribution in [1.82, 2.24) is 4.98 Å². The SMILES string of the molecule is Cc1ncoc1C(=O)Nc1ccc(C#N)cc1Br. The van der Waals surface area contributed by atoms with E-state index in [1.54, 1.807) is 25.1 Å². The van der Waals surface area contributed by atoms with Crippen LogP contribution in [-0.4, -0.2) is 10.9 Å². The van der Waals surface area contributed by atoms with Crippen LogP contribution in [0.2, 0.25) is 0 Å². The number of benzene rings is 1. The van der Waals surface area contributed by atoms with Crippen molar-refractivity contribution in [2.75, 3.05) is 5.32 Å². The number of anilines is 1. The number of aryl methyl sites for hydroxylation is 1. The lowest BCUT2D eigenvalue weighted by Gasteiger charge is -2.06. The van der Waals surface area contributed by atoms with Gasteiger partial charge in [0, 0.05) is 4.47 Å². The molecular weight excluding hydrogens is 298 g/mol. The van der Waals surface area contributed by atoms with Gasteiger partial charge in [0.15, 0.2) is 6.39 Å². The lowest BCUT2D eigenvalue weighted by Crippen LogP contribution is -2.12. The van der Waals surface area contributed by atoms with E-state index in [2.05, 4.69) is 26.2 Å². The van der Waals surface area contributed by atoms with Crippen LogP contribution < -0.4 is 5.32 Å². The number of nitriles is 1. The van der Waals surface area contributed by atoms with Gasteiger partial charge in [0.25, 0.3) is 5.91 Å². The molecule has 0 atom stereocenters. The second-order valence-corrected chi connectivity index (χ2v) is 4.38. The number of carbonyl (C=O) groups excluding carboxylic acids is 1. The molecule has 1 heterocycles. The fourth-order valence-corrected chi connectivity index (χ4v) is 1.86. The number of hydrogen-bond donors (Lipinski definition) is 1. The van der Waals surface area contributed by atoms with Gasteiger partial charge in [-0.05, 0) is 41.1 Å². The number of hydrogen-bond acceptors (Lipinski definition) is 4. The number of halogens is 1. The topological polar surface area (TPSA) is 78.9 Å². The van der Waals surface area contributed by atoms with Crippen molar-refractivity contribution in [3.63, 3.8) is 0 Å². The highest BCUT2D eigenvalue weighted by atomic mass is 79.9. The molecule has 1 aromatic heterocycles. The van der Waals surface area contributed by atoms with Crippen LogP contribution in [0.1, 0.15) is 21.8 Å². The third-order valence-electron chi connectivity index (χ3n) is 2.30. The van der Waals surface area contributed by atoms with Crippen LogP contribution in [0.15, 0.2) is 33.5 Å². The maximum Gasteiger partial charge on any atom is 0.293 e. The molecule has 0 unspecified atom stereocenters. The fraction of sp³-hybridized carbons (Fsp3) is 0.0833. The normalized spacial score (nSPS) is 9.83. The van der Waals surface area contributed by atoms with Gasteiger partial charge in [-0.2, -0.15) is 5.26 Å². The van der Waals surface area contributed by atoms with Gasteiger partial charge in [0.1, 0.15) is 0 Å². The third kappa shape index (κ3) is 2.41. The zero-order valence-corrected chi connectivity index (χ0v) is 11.0. The predicted molar refractivity (Wildman–Crippen MR) is 68.1 cm³/mol. The van der Waals surface area contributed by atoms with E-state index in [-0.39, 0.29) is 11.7 Å². The summed E-state index contributed by atoms with van der Waals surface area (Å²) in [5.41, 5.74) is 1.60. The van der Waals surface area contributed by atoms with Crippen LogP contribution in [0.25, 0.3) is 0 Å². The number of rotatable bonds is 2. The maximum atomic E-state index is 11.9. The first kappa shape index (κ1) is 12.3. The molecular formula is C12H8BrN3O2. The molecule has 5 nitrogen and oxygen atoms in total. The minimum absolute atomic E-state index is 0.172. The quantitative estimate of drug-likeness (QED) is 0.925. The predicted octanol–water partition coefficient (Wildman–Crippen LogP) is 2.87. The highest BCUT2D eigenvalue weighted by molar-refractivity contribution is 9.10. The summed E-state index contributed by atoms with van der Waals surface area (Å²) in [5.74, 6) is -0.207. The maximum absolute atomic E-state index is 11.9. The molecule has 6 heteroatoms. The molecule has 2 rings (SSSR count). The number of carbonyl (C=O) groups is 1. The molecule has 1 aromatic carbocycles. The first-order valence-corrected chi connectivity index (χ1v) is 5.82. The minimum Gasteiger partial charge on any atom is -0.438 e. The van der Waals surface area contributed by atoms with Crippen LogP contribution in [0.3, 0.4) is 0 Å². The molecule has 1 N–H and O–H groups in total. The molecule has 0 spiro atoms. The first-order chi connectivity index (χ1) is 8.61. The van der Waals surface area contributed by atoms with Crippen molar-refractivity contribution < 1.29 is 9.21 Å². The van der Waals surface area contributed by atoms with Gasteiger partial charge >= 0.3 is 0 Å². The summed E-state index contributed by atoms with van der Waals surface area (Å²) in [7, 11) is 0. The molecule has 0 fully saturated rings. The summed E-state index contributed by atoms with van der Waals surface area (Å²) in [5, 5.41) is 11.4. The Morgan fingerprint density at radius 3 is 2.89 bits per heavy atom. The second kappa shape index (κ2) is 5.02. The Kier molecular flexibility index (Phi) is 3.44. The van der Waals surface area contributed by atoms with Crippen molar-refractivity contribution in [3.05, 3.63) is 46.1 Å². The molecule has 0 bridgehead atoms. The average molecular weight is 306 g/mol. The zero-order valence-electron chi connectivity index (χ0n) is 9.40. The van der Waals surface area contributed by atoms with Crippen molar-refractivity contribution in [1.29, 1.82) is 5.26 Å². The minimum atomic E-state index is -0.379. The monoisotopic (exact) mass is 305 g/mol. The number of amides is 1. The Morgan fingerprint density at radius 2 is 2.33 bits per heavy atom. The molecule has 0 aliphatic heterocycles. The van der Waals surface area contributed by atoms with Gasteiger partial charge in [-0.3, -0.25) is 4.79 Å².